The van der Waals surface area contributed by atoms with Gasteiger partial charge in [-0.15, -0.1) is 5.10 Å². The molecule has 0 N–H and O–H groups in total. The Morgan fingerprint density at radius 1 is 1.41 bits per heavy atom. The highest BCUT2D eigenvalue weighted by Gasteiger charge is 2.12. The summed E-state index contributed by atoms with van der Waals surface area (Å²) in [7, 11) is 3.47. The molecule has 0 spiro atoms. The maximum Gasteiger partial charge on any atom is 0.232 e. The molecule has 0 aliphatic rings. The number of benzene rings is 1. The quantitative estimate of drug-likeness (QED) is 0.710. The second-order valence-corrected chi connectivity index (χ2v) is 5.87. The van der Waals surface area contributed by atoms with E-state index >= 15 is 0 Å². The Kier molecular flexibility index (Phi) is 6.02. The zero-order valence-electron chi connectivity index (χ0n) is 12.3. The van der Waals surface area contributed by atoms with Gasteiger partial charge < -0.3 is 9.64 Å². The van der Waals surface area contributed by atoms with Crippen molar-refractivity contribution >= 4 is 29.3 Å². The SMILES string of the molecule is CN(CCOc1ccc(Cl)cc1)C(=O)CSc1nnnn1C. The maximum absolute atomic E-state index is 12.0. The molecule has 0 bridgehead atoms. The molecule has 2 rings (SSSR count). The zero-order chi connectivity index (χ0) is 15.9. The summed E-state index contributed by atoms with van der Waals surface area (Å²) in [5, 5.41) is 12.3. The van der Waals surface area contributed by atoms with E-state index in [-0.39, 0.29) is 11.7 Å². The van der Waals surface area contributed by atoms with Crippen LogP contribution in [0.2, 0.25) is 5.02 Å². The fourth-order valence-corrected chi connectivity index (χ4v) is 2.45. The van der Waals surface area contributed by atoms with Gasteiger partial charge in [-0.2, -0.15) is 0 Å². The normalized spacial score (nSPS) is 10.5. The number of aromatic nitrogens is 4. The molecule has 1 aromatic heterocycles. The molecule has 7 nitrogen and oxygen atoms in total. The molecular weight excluding hydrogens is 326 g/mol. The summed E-state index contributed by atoms with van der Waals surface area (Å²) >= 11 is 7.10. The number of hydrogen-bond acceptors (Lipinski definition) is 6. The van der Waals surface area contributed by atoms with Crippen LogP contribution in [0, 0.1) is 0 Å². The molecular formula is C13H16ClN5O2S. The molecule has 1 heterocycles. The standard InChI is InChI=1S/C13H16ClN5O2S/c1-18(7-8-21-11-5-3-10(14)4-6-11)12(20)9-22-13-15-16-17-19(13)2/h3-6H,7-9H2,1-2H3. The van der Waals surface area contributed by atoms with Crippen LogP contribution in [0.4, 0.5) is 0 Å². The summed E-state index contributed by atoms with van der Waals surface area (Å²) in [6, 6.07) is 7.11. The van der Waals surface area contributed by atoms with Crippen LogP contribution in [-0.2, 0) is 11.8 Å². The van der Waals surface area contributed by atoms with Crippen molar-refractivity contribution in [1.29, 1.82) is 0 Å². The van der Waals surface area contributed by atoms with Crippen molar-refractivity contribution in [1.82, 2.24) is 25.1 Å². The Bertz CT molecular complexity index is 619. The molecule has 1 aromatic carbocycles. The molecule has 0 saturated heterocycles. The summed E-state index contributed by atoms with van der Waals surface area (Å²) in [6.45, 7) is 0.916. The molecule has 118 valence electrons. The van der Waals surface area contributed by atoms with Crippen LogP contribution >= 0.6 is 23.4 Å². The van der Waals surface area contributed by atoms with Crippen molar-refractivity contribution in [2.75, 3.05) is 26.0 Å². The van der Waals surface area contributed by atoms with Gasteiger partial charge in [-0.3, -0.25) is 4.79 Å². The van der Waals surface area contributed by atoms with Crippen molar-refractivity contribution in [2.24, 2.45) is 7.05 Å². The Hall–Kier alpha value is -1.80. The van der Waals surface area contributed by atoms with Crippen LogP contribution in [0.5, 0.6) is 5.75 Å². The van der Waals surface area contributed by atoms with E-state index in [9.17, 15) is 4.79 Å². The number of nitrogens with zero attached hydrogens (tertiary/aromatic N) is 5. The average molecular weight is 342 g/mol. The first-order valence-corrected chi connectivity index (χ1v) is 7.90. The number of carbonyl (C=O) groups is 1. The Morgan fingerprint density at radius 3 is 2.77 bits per heavy atom. The summed E-state index contributed by atoms with van der Waals surface area (Å²) in [6.07, 6.45) is 0. The van der Waals surface area contributed by atoms with E-state index in [0.717, 1.165) is 5.75 Å². The molecule has 0 saturated carbocycles. The van der Waals surface area contributed by atoms with E-state index in [2.05, 4.69) is 15.5 Å². The Morgan fingerprint density at radius 2 is 2.14 bits per heavy atom. The van der Waals surface area contributed by atoms with Gasteiger partial charge in [-0.1, -0.05) is 23.4 Å². The third-order valence-corrected chi connectivity index (χ3v) is 4.09. The largest absolute Gasteiger partial charge is 0.492 e. The average Bonchev–Trinajstić information content (AvgIpc) is 2.92. The molecule has 1 amide bonds. The number of carbonyl (C=O) groups excluding carboxylic acids is 1. The van der Waals surface area contributed by atoms with Gasteiger partial charge in [0.15, 0.2) is 0 Å². The predicted octanol–water partition coefficient (Wildman–Crippen LogP) is 1.49. The summed E-state index contributed by atoms with van der Waals surface area (Å²) < 4.78 is 7.08. The van der Waals surface area contributed by atoms with Gasteiger partial charge in [0.1, 0.15) is 12.4 Å². The van der Waals surface area contributed by atoms with Gasteiger partial charge in [0.2, 0.25) is 11.1 Å². The minimum Gasteiger partial charge on any atom is -0.492 e. The molecule has 22 heavy (non-hydrogen) atoms. The van der Waals surface area contributed by atoms with E-state index in [0.29, 0.717) is 23.3 Å². The highest BCUT2D eigenvalue weighted by atomic mass is 35.5. The highest BCUT2D eigenvalue weighted by molar-refractivity contribution is 7.99. The first kappa shape index (κ1) is 16.6. The van der Waals surface area contributed by atoms with Crippen molar-refractivity contribution < 1.29 is 9.53 Å². The number of halogens is 1. The Balaban J connectivity index is 1.70. The number of rotatable bonds is 7. The molecule has 0 radical (unpaired) electrons. The van der Waals surface area contributed by atoms with Crippen LogP contribution in [0.1, 0.15) is 0 Å². The molecule has 0 atom stereocenters. The zero-order valence-corrected chi connectivity index (χ0v) is 13.8. The monoisotopic (exact) mass is 341 g/mol. The fourth-order valence-electron chi connectivity index (χ4n) is 1.54. The van der Waals surface area contributed by atoms with Crippen LogP contribution in [0.25, 0.3) is 0 Å². The number of ether oxygens (including phenoxy) is 1. The van der Waals surface area contributed by atoms with Gasteiger partial charge in [0.05, 0.1) is 12.3 Å². The maximum atomic E-state index is 12.0. The van der Waals surface area contributed by atoms with Crippen LogP contribution < -0.4 is 4.74 Å². The first-order valence-electron chi connectivity index (χ1n) is 6.54. The van der Waals surface area contributed by atoms with E-state index in [1.54, 1.807) is 43.3 Å². The molecule has 0 aliphatic heterocycles. The lowest BCUT2D eigenvalue weighted by atomic mass is 10.3. The van der Waals surface area contributed by atoms with E-state index in [1.807, 2.05) is 0 Å². The minimum absolute atomic E-state index is 0.00675. The molecule has 0 aliphatic carbocycles. The van der Waals surface area contributed by atoms with Crippen LogP contribution in [0.3, 0.4) is 0 Å². The number of amides is 1. The van der Waals surface area contributed by atoms with Gasteiger partial charge in [-0.25, -0.2) is 4.68 Å². The van der Waals surface area contributed by atoms with Gasteiger partial charge >= 0.3 is 0 Å². The van der Waals surface area contributed by atoms with E-state index in [4.69, 9.17) is 16.3 Å². The first-order chi connectivity index (χ1) is 10.6. The lowest BCUT2D eigenvalue weighted by molar-refractivity contribution is -0.127. The van der Waals surface area contributed by atoms with Gasteiger partial charge in [-0.05, 0) is 34.7 Å². The number of thioether (sulfide) groups is 1. The highest BCUT2D eigenvalue weighted by Crippen LogP contribution is 2.15. The predicted molar refractivity (Wildman–Crippen MR) is 84.1 cm³/mol. The lowest BCUT2D eigenvalue weighted by Gasteiger charge is -2.17. The van der Waals surface area contributed by atoms with Gasteiger partial charge in [0.25, 0.3) is 0 Å². The topological polar surface area (TPSA) is 73.1 Å². The van der Waals surface area contributed by atoms with Crippen molar-refractivity contribution in [3.8, 4) is 5.75 Å². The number of aryl methyl sites for hydroxylation is 1. The van der Waals surface area contributed by atoms with Crippen molar-refractivity contribution in [3.63, 3.8) is 0 Å². The number of hydrogen-bond donors (Lipinski definition) is 0. The minimum atomic E-state index is -0.00675. The second-order valence-electron chi connectivity index (χ2n) is 4.49. The molecule has 0 fully saturated rings. The summed E-state index contributed by atoms with van der Waals surface area (Å²) in [4.78, 5) is 13.6. The fraction of sp³-hybridized carbons (Fsp3) is 0.385. The summed E-state index contributed by atoms with van der Waals surface area (Å²) in [5.41, 5.74) is 0. The third kappa shape index (κ3) is 4.88. The molecule has 0 unspecified atom stereocenters. The van der Waals surface area contributed by atoms with Crippen molar-refractivity contribution in [3.05, 3.63) is 29.3 Å². The van der Waals surface area contributed by atoms with Crippen LogP contribution in [0.15, 0.2) is 29.4 Å². The van der Waals surface area contributed by atoms with Crippen LogP contribution in [-0.4, -0.2) is 57.0 Å². The number of tetrazole rings is 1. The van der Waals surface area contributed by atoms with E-state index < -0.39 is 0 Å². The van der Waals surface area contributed by atoms with E-state index in [1.165, 1.54) is 16.4 Å². The second kappa shape index (κ2) is 8.00. The summed E-state index contributed by atoms with van der Waals surface area (Å²) in [5.74, 6) is 1.00. The van der Waals surface area contributed by atoms with Crippen molar-refractivity contribution in [2.45, 2.75) is 5.16 Å². The Labute approximate surface area is 137 Å². The lowest BCUT2D eigenvalue weighted by Crippen LogP contribution is -2.32. The molecule has 2 aromatic rings. The van der Waals surface area contributed by atoms with Gasteiger partial charge in [0, 0.05) is 19.1 Å². The third-order valence-electron chi connectivity index (χ3n) is 2.84. The smallest absolute Gasteiger partial charge is 0.232 e. The molecule has 9 heteroatoms. The number of likely N-dealkylation sites (N-methyl/N-ethyl adjacent to an activating group) is 1.